The Morgan fingerprint density at radius 1 is 1.24 bits per heavy atom. The number of carboxylic acid groups (broad SMARTS) is 1. The predicted octanol–water partition coefficient (Wildman–Crippen LogP) is 2.59. The molecule has 17 heavy (non-hydrogen) atoms. The third-order valence-electron chi connectivity index (χ3n) is 4.38. The number of carbonyl (C=O) groups is 1. The van der Waals surface area contributed by atoms with Crippen molar-refractivity contribution in [3.8, 4) is 0 Å². The fourth-order valence-electron chi connectivity index (χ4n) is 3.45. The minimum atomic E-state index is -0.720. The minimum Gasteiger partial charge on any atom is -0.481 e. The number of carboxylic acids is 1. The van der Waals surface area contributed by atoms with Gasteiger partial charge in [0.2, 0.25) is 0 Å². The number of aliphatic hydroxyl groups is 1. The van der Waals surface area contributed by atoms with Crippen LogP contribution in [0.1, 0.15) is 44.9 Å². The number of aliphatic carboxylic acids is 1. The highest BCUT2D eigenvalue weighted by Gasteiger charge is 2.45. The molecule has 0 amide bonds. The van der Waals surface area contributed by atoms with Crippen LogP contribution in [0.25, 0.3) is 0 Å². The van der Waals surface area contributed by atoms with Gasteiger partial charge in [0, 0.05) is 6.42 Å². The van der Waals surface area contributed by atoms with E-state index in [0.29, 0.717) is 18.3 Å². The Morgan fingerprint density at radius 2 is 2.00 bits per heavy atom. The molecule has 2 N–H and O–H groups in total. The Balaban J connectivity index is 1.65. The highest BCUT2D eigenvalue weighted by molar-refractivity contribution is 5.66. The van der Waals surface area contributed by atoms with Crippen LogP contribution in [0.2, 0.25) is 0 Å². The Bertz CT molecular complexity index is 296. The van der Waals surface area contributed by atoms with Crippen molar-refractivity contribution in [2.45, 2.75) is 51.0 Å². The summed E-state index contributed by atoms with van der Waals surface area (Å²) in [6, 6.07) is 0. The van der Waals surface area contributed by atoms with E-state index in [1.807, 2.05) is 0 Å². The van der Waals surface area contributed by atoms with Crippen molar-refractivity contribution in [1.29, 1.82) is 0 Å². The second kappa shape index (κ2) is 5.67. The highest BCUT2D eigenvalue weighted by Crippen LogP contribution is 2.49. The van der Waals surface area contributed by atoms with Crippen LogP contribution in [0.3, 0.4) is 0 Å². The average molecular weight is 238 g/mol. The first-order chi connectivity index (χ1) is 8.18. The van der Waals surface area contributed by atoms with E-state index in [1.165, 1.54) is 19.3 Å². The Labute approximate surface area is 103 Å². The van der Waals surface area contributed by atoms with Crippen molar-refractivity contribution in [2.24, 2.45) is 17.8 Å². The maximum atomic E-state index is 10.3. The third-order valence-corrected chi connectivity index (χ3v) is 4.38. The predicted molar refractivity (Wildman–Crippen MR) is 65.6 cm³/mol. The topological polar surface area (TPSA) is 57.5 Å². The number of hydrogen-bond acceptors (Lipinski definition) is 2. The lowest BCUT2D eigenvalue weighted by molar-refractivity contribution is -0.137. The van der Waals surface area contributed by atoms with Crippen LogP contribution < -0.4 is 0 Å². The summed E-state index contributed by atoms with van der Waals surface area (Å²) >= 11 is 0. The van der Waals surface area contributed by atoms with Crippen LogP contribution in [0.4, 0.5) is 0 Å². The van der Waals surface area contributed by atoms with Crippen LogP contribution in [0, 0.1) is 17.8 Å². The molecule has 3 heteroatoms. The summed E-state index contributed by atoms with van der Waals surface area (Å²) in [7, 11) is 0. The van der Waals surface area contributed by atoms with E-state index in [9.17, 15) is 9.90 Å². The van der Waals surface area contributed by atoms with Crippen LogP contribution >= 0.6 is 0 Å². The number of aliphatic hydroxyl groups excluding tert-OH is 1. The molecule has 4 atom stereocenters. The third kappa shape index (κ3) is 3.09. The number of hydrogen-bond donors (Lipinski definition) is 2. The normalized spacial score (nSPS) is 35.8. The van der Waals surface area contributed by atoms with Gasteiger partial charge in [-0.15, -0.1) is 0 Å². The molecule has 2 aliphatic rings. The molecule has 2 saturated carbocycles. The van der Waals surface area contributed by atoms with Crippen LogP contribution in [-0.4, -0.2) is 22.3 Å². The van der Waals surface area contributed by atoms with Crippen LogP contribution in [-0.2, 0) is 4.79 Å². The van der Waals surface area contributed by atoms with E-state index in [-0.39, 0.29) is 12.5 Å². The van der Waals surface area contributed by atoms with E-state index in [4.69, 9.17) is 5.11 Å². The Morgan fingerprint density at radius 3 is 2.65 bits per heavy atom. The van der Waals surface area contributed by atoms with Gasteiger partial charge in [-0.1, -0.05) is 12.2 Å². The summed E-state index contributed by atoms with van der Waals surface area (Å²) in [5.74, 6) is 1.04. The lowest BCUT2D eigenvalue weighted by Crippen LogP contribution is -2.26. The van der Waals surface area contributed by atoms with Crippen LogP contribution in [0.5, 0.6) is 0 Å². The average Bonchev–Trinajstić information content (AvgIpc) is 2.85. The van der Waals surface area contributed by atoms with E-state index < -0.39 is 5.97 Å². The van der Waals surface area contributed by atoms with Gasteiger partial charge in [0.05, 0.1) is 6.10 Å². The molecule has 2 fully saturated rings. The Hall–Kier alpha value is -0.830. The summed E-state index contributed by atoms with van der Waals surface area (Å²) in [6.45, 7) is 0. The molecule has 0 heterocycles. The molecular weight excluding hydrogens is 216 g/mol. The fraction of sp³-hybridized carbons (Fsp3) is 0.786. The van der Waals surface area contributed by atoms with Gasteiger partial charge in [0.25, 0.3) is 0 Å². The zero-order valence-corrected chi connectivity index (χ0v) is 10.2. The molecule has 0 aliphatic heterocycles. The molecule has 0 aromatic carbocycles. The number of allylic oxidation sites excluding steroid dienone is 2. The first-order valence-corrected chi connectivity index (χ1v) is 6.73. The lowest BCUT2D eigenvalue weighted by Gasteiger charge is -2.25. The fourth-order valence-corrected chi connectivity index (χ4v) is 3.45. The van der Waals surface area contributed by atoms with Gasteiger partial charge in [-0.2, -0.15) is 0 Å². The zero-order chi connectivity index (χ0) is 12.3. The summed E-state index contributed by atoms with van der Waals surface area (Å²) in [5.41, 5.74) is 0. The van der Waals surface area contributed by atoms with Gasteiger partial charge < -0.3 is 10.2 Å². The smallest absolute Gasteiger partial charge is 0.303 e. The van der Waals surface area contributed by atoms with Crippen LogP contribution in [0.15, 0.2) is 12.2 Å². The second-order valence-electron chi connectivity index (χ2n) is 5.48. The monoisotopic (exact) mass is 238 g/mol. The molecule has 2 aliphatic carbocycles. The van der Waals surface area contributed by atoms with E-state index in [0.717, 1.165) is 18.8 Å². The van der Waals surface area contributed by atoms with Gasteiger partial charge in [0.15, 0.2) is 0 Å². The van der Waals surface area contributed by atoms with Crippen molar-refractivity contribution in [1.82, 2.24) is 0 Å². The molecule has 2 bridgehead atoms. The molecule has 0 unspecified atom stereocenters. The Kier molecular flexibility index (Phi) is 4.21. The molecule has 0 spiro atoms. The van der Waals surface area contributed by atoms with Crippen molar-refractivity contribution < 1.29 is 15.0 Å². The van der Waals surface area contributed by atoms with E-state index in [1.54, 1.807) is 0 Å². The quantitative estimate of drug-likeness (QED) is 0.552. The van der Waals surface area contributed by atoms with Gasteiger partial charge in [-0.25, -0.2) is 0 Å². The summed E-state index contributed by atoms with van der Waals surface area (Å²) in [4.78, 5) is 10.3. The number of unbranched alkanes of at least 4 members (excludes halogenated alkanes) is 1. The number of fused-ring (bicyclic) bond motifs is 2. The largest absolute Gasteiger partial charge is 0.481 e. The summed E-state index contributed by atoms with van der Waals surface area (Å²) in [6.07, 6.45) is 10.6. The molecule has 0 aromatic heterocycles. The SMILES string of the molecule is O=C(O)CCC/C=C\C[C@H]1[C@H]2CC[C@H](C2)[C@@H]1O. The van der Waals surface area contributed by atoms with Gasteiger partial charge >= 0.3 is 5.97 Å². The maximum Gasteiger partial charge on any atom is 0.303 e. The molecule has 0 saturated heterocycles. The van der Waals surface area contributed by atoms with Crippen molar-refractivity contribution in [3.05, 3.63) is 12.2 Å². The summed E-state index contributed by atoms with van der Waals surface area (Å²) in [5, 5.41) is 18.5. The van der Waals surface area contributed by atoms with Crippen molar-refractivity contribution in [2.75, 3.05) is 0 Å². The first-order valence-electron chi connectivity index (χ1n) is 6.73. The molecule has 0 radical (unpaired) electrons. The van der Waals surface area contributed by atoms with Crippen molar-refractivity contribution in [3.63, 3.8) is 0 Å². The minimum absolute atomic E-state index is 0.0857. The lowest BCUT2D eigenvalue weighted by atomic mass is 9.84. The first kappa shape index (κ1) is 12.6. The molecule has 2 rings (SSSR count). The standard InChI is InChI=1S/C14H22O3/c15-13(16)6-4-2-1-3-5-12-10-7-8-11(9-10)14(12)17/h1,3,10-12,14,17H,2,4-9H2,(H,15,16)/b3-1-/t10-,11+,12-,14-/m0/s1. The molecular formula is C14H22O3. The zero-order valence-electron chi connectivity index (χ0n) is 10.2. The van der Waals surface area contributed by atoms with E-state index in [2.05, 4.69) is 12.2 Å². The summed E-state index contributed by atoms with van der Waals surface area (Å²) < 4.78 is 0. The maximum absolute atomic E-state index is 10.3. The van der Waals surface area contributed by atoms with Gasteiger partial charge in [0.1, 0.15) is 0 Å². The molecule has 0 aromatic rings. The van der Waals surface area contributed by atoms with Gasteiger partial charge in [-0.05, 0) is 56.3 Å². The molecule has 3 nitrogen and oxygen atoms in total. The highest BCUT2D eigenvalue weighted by atomic mass is 16.4. The number of rotatable bonds is 6. The second-order valence-corrected chi connectivity index (χ2v) is 5.48. The van der Waals surface area contributed by atoms with Gasteiger partial charge in [-0.3, -0.25) is 4.79 Å². The molecule has 96 valence electrons. The van der Waals surface area contributed by atoms with Crippen molar-refractivity contribution >= 4 is 5.97 Å². The van der Waals surface area contributed by atoms with E-state index >= 15 is 0 Å².